The molecule has 0 amide bonds. The minimum atomic E-state index is 0.134. The highest BCUT2D eigenvalue weighted by Crippen LogP contribution is 2.27. The van der Waals surface area contributed by atoms with Crippen molar-refractivity contribution in [1.29, 1.82) is 0 Å². The van der Waals surface area contributed by atoms with E-state index in [4.69, 9.17) is 17.3 Å². The lowest BCUT2D eigenvalue weighted by Gasteiger charge is -2.33. The molecule has 0 aromatic heterocycles. The van der Waals surface area contributed by atoms with Crippen LogP contribution in [0.25, 0.3) is 0 Å². The standard InChI is InChI=1S/C14H21ClN2S/c1-11(16)14(12-3-5-13(15)6-4-12)17-7-2-9-18-10-8-17/h3-6,11,14H,2,7-10,16H2,1H3. The monoisotopic (exact) mass is 284 g/mol. The van der Waals surface area contributed by atoms with Gasteiger partial charge in [0, 0.05) is 29.4 Å². The van der Waals surface area contributed by atoms with E-state index >= 15 is 0 Å². The van der Waals surface area contributed by atoms with Crippen molar-refractivity contribution in [3.63, 3.8) is 0 Å². The first-order valence-corrected chi connectivity index (χ1v) is 8.04. The molecule has 1 aliphatic heterocycles. The Morgan fingerprint density at radius 2 is 1.94 bits per heavy atom. The number of nitrogens with zero attached hydrogens (tertiary/aromatic N) is 1. The van der Waals surface area contributed by atoms with Crippen LogP contribution in [0.5, 0.6) is 0 Å². The second kappa shape index (κ2) is 6.80. The highest BCUT2D eigenvalue weighted by molar-refractivity contribution is 7.99. The second-order valence-electron chi connectivity index (χ2n) is 4.86. The summed E-state index contributed by atoms with van der Waals surface area (Å²) >= 11 is 8.00. The molecular formula is C14H21ClN2S. The first kappa shape index (κ1) is 14.2. The summed E-state index contributed by atoms with van der Waals surface area (Å²) in [5.41, 5.74) is 7.49. The third kappa shape index (κ3) is 3.64. The normalized spacial score (nSPS) is 21.3. The topological polar surface area (TPSA) is 29.3 Å². The number of hydrogen-bond acceptors (Lipinski definition) is 3. The zero-order valence-corrected chi connectivity index (χ0v) is 12.4. The van der Waals surface area contributed by atoms with Crippen molar-refractivity contribution in [2.24, 2.45) is 5.73 Å². The molecule has 18 heavy (non-hydrogen) atoms. The van der Waals surface area contributed by atoms with Crippen molar-refractivity contribution in [3.8, 4) is 0 Å². The van der Waals surface area contributed by atoms with Gasteiger partial charge < -0.3 is 5.73 Å². The Labute approximate surface area is 119 Å². The van der Waals surface area contributed by atoms with Gasteiger partial charge in [-0.3, -0.25) is 4.90 Å². The number of rotatable bonds is 3. The van der Waals surface area contributed by atoms with Crippen LogP contribution in [0.1, 0.15) is 24.9 Å². The largest absolute Gasteiger partial charge is 0.326 e. The maximum absolute atomic E-state index is 6.21. The van der Waals surface area contributed by atoms with Crippen molar-refractivity contribution in [1.82, 2.24) is 4.90 Å². The van der Waals surface area contributed by atoms with E-state index in [1.807, 2.05) is 23.9 Å². The third-order valence-electron chi connectivity index (χ3n) is 3.36. The van der Waals surface area contributed by atoms with Gasteiger partial charge in [0.2, 0.25) is 0 Å². The van der Waals surface area contributed by atoms with Gasteiger partial charge in [-0.25, -0.2) is 0 Å². The molecule has 0 aliphatic carbocycles. The van der Waals surface area contributed by atoms with Crippen LogP contribution in [-0.4, -0.2) is 35.5 Å². The molecule has 0 bridgehead atoms. The maximum Gasteiger partial charge on any atom is 0.0496 e. The number of hydrogen-bond donors (Lipinski definition) is 1. The fourth-order valence-electron chi connectivity index (χ4n) is 2.55. The molecule has 2 nitrogen and oxygen atoms in total. The molecule has 1 aliphatic rings. The van der Waals surface area contributed by atoms with E-state index in [1.54, 1.807) is 0 Å². The smallest absolute Gasteiger partial charge is 0.0496 e. The Morgan fingerprint density at radius 1 is 1.22 bits per heavy atom. The Morgan fingerprint density at radius 3 is 2.61 bits per heavy atom. The molecule has 2 atom stereocenters. The summed E-state index contributed by atoms with van der Waals surface area (Å²) in [5, 5.41) is 0.786. The van der Waals surface area contributed by atoms with Crippen LogP contribution in [0, 0.1) is 0 Å². The summed E-state index contributed by atoms with van der Waals surface area (Å²) in [4.78, 5) is 2.52. The SMILES string of the molecule is CC(N)C(c1ccc(Cl)cc1)N1CCCSCC1. The first-order chi connectivity index (χ1) is 8.68. The molecule has 1 saturated heterocycles. The summed E-state index contributed by atoms with van der Waals surface area (Å²) in [6.45, 7) is 4.36. The van der Waals surface area contributed by atoms with Gasteiger partial charge in [0.1, 0.15) is 0 Å². The molecule has 100 valence electrons. The van der Waals surface area contributed by atoms with Crippen LogP contribution >= 0.6 is 23.4 Å². The molecule has 2 N–H and O–H groups in total. The lowest BCUT2D eigenvalue weighted by Crippen LogP contribution is -2.40. The zero-order valence-electron chi connectivity index (χ0n) is 10.8. The minimum absolute atomic E-state index is 0.134. The average Bonchev–Trinajstić information content (AvgIpc) is 2.60. The molecule has 1 aromatic rings. The lowest BCUT2D eigenvalue weighted by atomic mass is 9.99. The quantitative estimate of drug-likeness (QED) is 0.924. The van der Waals surface area contributed by atoms with E-state index in [0.29, 0.717) is 6.04 Å². The van der Waals surface area contributed by atoms with E-state index in [-0.39, 0.29) is 6.04 Å². The van der Waals surface area contributed by atoms with Crippen molar-refractivity contribution in [3.05, 3.63) is 34.9 Å². The molecule has 1 fully saturated rings. The van der Waals surface area contributed by atoms with Gasteiger partial charge in [-0.15, -0.1) is 0 Å². The number of nitrogens with two attached hydrogens (primary N) is 1. The van der Waals surface area contributed by atoms with Crippen LogP contribution in [-0.2, 0) is 0 Å². The molecule has 0 radical (unpaired) electrons. The summed E-state index contributed by atoms with van der Waals surface area (Å²) in [7, 11) is 0. The minimum Gasteiger partial charge on any atom is -0.326 e. The second-order valence-corrected chi connectivity index (χ2v) is 6.52. The van der Waals surface area contributed by atoms with E-state index in [0.717, 1.165) is 18.1 Å². The van der Waals surface area contributed by atoms with Gasteiger partial charge in [-0.1, -0.05) is 23.7 Å². The summed E-state index contributed by atoms with van der Waals surface area (Å²) in [6.07, 6.45) is 1.25. The van der Waals surface area contributed by atoms with Gasteiger partial charge in [-0.05, 0) is 43.3 Å². The molecule has 0 spiro atoms. The number of benzene rings is 1. The van der Waals surface area contributed by atoms with Gasteiger partial charge in [0.15, 0.2) is 0 Å². The molecule has 2 unspecified atom stereocenters. The van der Waals surface area contributed by atoms with Gasteiger partial charge >= 0.3 is 0 Å². The predicted molar refractivity (Wildman–Crippen MR) is 81.4 cm³/mol. The molecule has 1 heterocycles. The number of thioether (sulfide) groups is 1. The van der Waals surface area contributed by atoms with E-state index in [9.17, 15) is 0 Å². The zero-order chi connectivity index (χ0) is 13.0. The van der Waals surface area contributed by atoms with Crippen molar-refractivity contribution >= 4 is 23.4 Å². The molecule has 2 rings (SSSR count). The summed E-state index contributed by atoms with van der Waals surface area (Å²) in [5.74, 6) is 2.47. The fraction of sp³-hybridized carbons (Fsp3) is 0.571. The lowest BCUT2D eigenvalue weighted by molar-refractivity contribution is 0.190. The van der Waals surface area contributed by atoms with Crippen LogP contribution in [0.2, 0.25) is 5.02 Å². The Bertz CT molecular complexity index is 359. The molecule has 0 saturated carbocycles. The van der Waals surface area contributed by atoms with Crippen LogP contribution in [0.4, 0.5) is 0 Å². The summed E-state index contributed by atoms with van der Waals surface area (Å²) < 4.78 is 0. The Balaban J connectivity index is 2.18. The van der Waals surface area contributed by atoms with Crippen LogP contribution < -0.4 is 5.73 Å². The Hall–Kier alpha value is -0.220. The van der Waals surface area contributed by atoms with E-state index in [1.165, 1.54) is 23.5 Å². The fourth-order valence-corrected chi connectivity index (χ4v) is 3.58. The Kier molecular flexibility index (Phi) is 5.37. The first-order valence-electron chi connectivity index (χ1n) is 6.51. The molecule has 1 aromatic carbocycles. The van der Waals surface area contributed by atoms with Crippen molar-refractivity contribution in [2.75, 3.05) is 24.6 Å². The average molecular weight is 285 g/mol. The van der Waals surface area contributed by atoms with Crippen molar-refractivity contribution < 1.29 is 0 Å². The van der Waals surface area contributed by atoms with Gasteiger partial charge in [0.25, 0.3) is 0 Å². The maximum atomic E-state index is 6.21. The highest BCUT2D eigenvalue weighted by atomic mass is 35.5. The van der Waals surface area contributed by atoms with Crippen LogP contribution in [0.3, 0.4) is 0 Å². The summed E-state index contributed by atoms with van der Waals surface area (Å²) in [6, 6.07) is 8.57. The third-order valence-corrected chi connectivity index (χ3v) is 4.66. The van der Waals surface area contributed by atoms with E-state index in [2.05, 4.69) is 24.0 Å². The number of halogens is 1. The van der Waals surface area contributed by atoms with Gasteiger partial charge in [-0.2, -0.15) is 11.8 Å². The van der Waals surface area contributed by atoms with Crippen LogP contribution in [0.15, 0.2) is 24.3 Å². The van der Waals surface area contributed by atoms with Gasteiger partial charge in [0.05, 0.1) is 0 Å². The highest BCUT2D eigenvalue weighted by Gasteiger charge is 2.24. The molecular weight excluding hydrogens is 264 g/mol. The van der Waals surface area contributed by atoms with Crippen molar-refractivity contribution in [2.45, 2.75) is 25.4 Å². The predicted octanol–water partition coefficient (Wildman–Crippen LogP) is 3.17. The molecule has 4 heteroatoms. The van der Waals surface area contributed by atoms with E-state index < -0.39 is 0 Å².